The molecule has 0 bridgehead atoms. The van der Waals surface area contributed by atoms with Crippen molar-refractivity contribution < 1.29 is 17.9 Å². The van der Waals surface area contributed by atoms with E-state index in [9.17, 15) is 17.9 Å². The van der Waals surface area contributed by atoms with E-state index in [1.807, 2.05) is 0 Å². The summed E-state index contributed by atoms with van der Waals surface area (Å²) in [5.74, 6) is -0.861. The van der Waals surface area contributed by atoms with E-state index in [-0.39, 0.29) is 6.54 Å². The van der Waals surface area contributed by atoms with Crippen LogP contribution < -0.4 is 10.3 Å². The van der Waals surface area contributed by atoms with Gasteiger partial charge in [0.1, 0.15) is 10.7 Å². The number of hydrazine groups is 1. The molecule has 3 N–H and O–H groups in total. The van der Waals surface area contributed by atoms with Gasteiger partial charge >= 0.3 is 0 Å². The molecule has 19 heavy (non-hydrogen) atoms. The van der Waals surface area contributed by atoms with Gasteiger partial charge in [-0.25, -0.2) is 12.8 Å². The number of nitrogens with zero attached hydrogens (tertiary/aromatic N) is 2. The van der Waals surface area contributed by atoms with E-state index in [2.05, 4.69) is 15.4 Å². The van der Waals surface area contributed by atoms with Gasteiger partial charge in [-0.05, 0) is 19.1 Å². The SMILES string of the molecule is CC1=NNC(O)N(NS(=O)(=O)c2ccccc2F)C1. The predicted molar refractivity (Wildman–Crippen MR) is 65.7 cm³/mol. The summed E-state index contributed by atoms with van der Waals surface area (Å²) in [5.41, 5.74) is 2.89. The summed E-state index contributed by atoms with van der Waals surface area (Å²) in [6.45, 7) is 1.74. The van der Waals surface area contributed by atoms with Crippen molar-refractivity contribution in [2.75, 3.05) is 6.54 Å². The summed E-state index contributed by atoms with van der Waals surface area (Å²) in [6, 6.07) is 4.99. The van der Waals surface area contributed by atoms with Gasteiger partial charge in [-0.2, -0.15) is 10.1 Å². The lowest BCUT2D eigenvalue weighted by Crippen LogP contribution is -2.57. The van der Waals surface area contributed by atoms with Crippen LogP contribution in [0.3, 0.4) is 0 Å². The van der Waals surface area contributed by atoms with E-state index >= 15 is 0 Å². The summed E-state index contributed by atoms with van der Waals surface area (Å²) in [4.78, 5) is 1.62. The second kappa shape index (κ2) is 5.21. The minimum atomic E-state index is -4.10. The Balaban J connectivity index is 2.23. The van der Waals surface area contributed by atoms with Gasteiger partial charge < -0.3 is 5.11 Å². The van der Waals surface area contributed by atoms with Crippen LogP contribution in [0, 0.1) is 5.82 Å². The molecule has 0 saturated heterocycles. The molecule has 0 amide bonds. The molecule has 0 saturated carbocycles. The van der Waals surface area contributed by atoms with Gasteiger partial charge in [0.2, 0.25) is 6.35 Å². The van der Waals surface area contributed by atoms with Gasteiger partial charge in [0.25, 0.3) is 10.0 Å². The van der Waals surface area contributed by atoms with Crippen molar-refractivity contribution >= 4 is 15.7 Å². The maximum atomic E-state index is 13.5. The van der Waals surface area contributed by atoms with Crippen LogP contribution in [-0.4, -0.2) is 37.1 Å². The Kier molecular flexibility index (Phi) is 3.80. The number of hydrogen-bond acceptors (Lipinski definition) is 6. The van der Waals surface area contributed by atoms with Crippen LogP contribution in [0.2, 0.25) is 0 Å². The Labute approximate surface area is 109 Å². The maximum absolute atomic E-state index is 13.5. The summed E-state index contributed by atoms with van der Waals surface area (Å²) in [7, 11) is -4.10. The smallest absolute Gasteiger partial charge is 0.256 e. The Bertz CT molecular complexity index is 605. The average Bonchev–Trinajstić information content (AvgIpc) is 2.34. The summed E-state index contributed by atoms with van der Waals surface area (Å²) in [5, 5.41) is 14.3. The second-order valence-electron chi connectivity index (χ2n) is 4.00. The number of halogens is 1. The van der Waals surface area contributed by atoms with Gasteiger partial charge in [-0.15, -0.1) is 4.83 Å². The molecule has 9 heteroatoms. The molecule has 0 aromatic heterocycles. The van der Waals surface area contributed by atoms with Gasteiger partial charge in [-0.3, -0.25) is 5.43 Å². The van der Waals surface area contributed by atoms with Crippen LogP contribution >= 0.6 is 0 Å². The minimum Gasteiger partial charge on any atom is -0.359 e. The first-order valence-electron chi connectivity index (χ1n) is 5.40. The standard InChI is InChI=1S/C10H13FN4O3S/c1-7-6-15(10(16)13-12-7)14-19(17,18)9-5-3-2-4-8(9)11/h2-5,10,13-14,16H,6H2,1H3. The predicted octanol–water partition coefficient (Wildman–Crippen LogP) is -0.424. The zero-order valence-electron chi connectivity index (χ0n) is 10.0. The molecule has 7 nitrogen and oxygen atoms in total. The monoisotopic (exact) mass is 288 g/mol. The first kappa shape index (κ1) is 13.9. The number of rotatable bonds is 3. The molecular weight excluding hydrogens is 275 g/mol. The second-order valence-corrected chi connectivity index (χ2v) is 5.63. The van der Waals surface area contributed by atoms with E-state index < -0.39 is 27.1 Å². The molecule has 1 atom stereocenters. The molecule has 1 aromatic rings. The number of hydrazone groups is 1. The molecule has 0 spiro atoms. The van der Waals surface area contributed by atoms with Gasteiger partial charge in [0, 0.05) is 0 Å². The zero-order valence-corrected chi connectivity index (χ0v) is 10.9. The largest absolute Gasteiger partial charge is 0.359 e. The Morgan fingerprint density at radius 3 is 2.89 bits per heavy atom. The third-order valence-corrected chi connectivity index (χ3v) is 3.81. The quantitative estimate of drug-likeness (QED) is 0.702. The number of benzene rings is 1. The Morgan fingerprint density at radius 1 is 1.53 bits per heavy atom. The highest BCUT2D eigenvalue weighted by molar-refractivity contribution is 7.89. The topological polar surface area (TPSA) is 94.0 Å². The molecule has 1 aromatic carbocycles. The van der Waals surface area contributed by atoms with E-state index in [1.165, 1.54) is 12.1 Å². The number of sulfonamides is 1. The molecule has 1 unspecified atom stereocenters. The van der Waals surface area contributed by atoms with E-state index in [0.717, 1.165) is 17.1 Å². The lowest BCUT2D eigenvalue weighted by atomic mass is 10.4. The van der Waals surface area contributed by atoms with E-state index in [1.54, 1.807) is 6.92 Å². The molecule has 1 aliphatic heterocycles. The number of hydrogen-bond donors (Lipinski definition) is 3. The van der Waals surface area contributed by atoms with Crippen LogP contribution in [0.4, 0.5) is 4.39 Å². The molecule has 0 aliphatic carbocycles. The van der Waals surface area contributed by atoms with Gasteiger partial charge in [0.05, 0.1) is 12.3 Å². The molecular formula is C10H13FN4O3S. The van der Waals surface area contributed by atoms with Gasteiger partial charge in [-0.1, -0.05) is 12.1 Å². The zero-order chi connectivity index (χ0) is 14.0. The van der Waals surface area contributed by atoms with Gasteiger partial charge in [0.15, 0.2) is 0 Å². The molecule has 1 aliphatic rings. The van der Waals surface area contributed by atoms with Crippen LogP contribution in [0.25, 0.3) is 0 Å². The first-order valence-corrected chi connectivity index (χ1v) is 6.89. The molecule has 1 heterocycles. The van der Waals surface area contributed by atoms with Crippen molar-refractivity contribution in [2.24, 2.45) is 5.10 Å². The summed E-state index contributed by atoms with van der Waals surface area (Å²) < 4.78 is 37.5. The normalized spacial score (nSPS) is 20.8. The van der Waals surface area contributed by atoms with Crippen molar-refractivity contribution in [3.05, 3.63) is 30.1 Å². The van der Waals surface area contributed by atoms with Crippen LogP contribution in [-0.2, 0) is 10.0 Å². The fraction of sp³-hybridized carbons (Fsp3) is 0.300. The third kappa shape index (κ3) is 3.07. The van der Waals surface area contributed by atoms with Crippen molar-refractivity contribution in [3.63, 3.8) is 0 Å². The Morgan fingerprint density at radius 2 is 2.21 bits per heavy atom. The van der Waals surface area contributed by atoms with Crippen molar-refractivity contribution in [1.29, 1.82) is 0 Å². The van der Waals surface area contributed by atoms with Crippen molar-refractivity contribution in [1.82, 2.24) is 15.3 Å². The van der Waals surface area contributed by atoms with Crippen molar-refractivity contribution in [2.45, 2.75) is 18.2 Å². The highest BCUT2D eigenvalue weighted by atomic mass is 32.2. The third-order valence-electron chi connectivity index (χ3n) is 2.43. The summed E-state index contributed by atoms with van der Waals surface area (Å²) in [6.07, 6.45) is -1.31. The number of nitrogens with one attached hydrogen (secondary N) is 2. The van der Waals surface area contributed by atoms with E-state index in [0.29, 0.717) is 5.71 Å². The first-order chi connectivity index (χ1) is 8.90. The Hall–Kier alpha value is -1.55. The number of aliphatic hydroxyl groups is 1. The average molecular weight is 288 g/mol. The molecule has 0 radical (unpaired) electrons. The van der Waals surface area contributed by atoms with Crippen LogP contribution in [0.15, 0.2) is 34.3 Å². The molecule has 104 valence electrons. The van der Waals surface area contributed by atoms with Crippen molar-refractivity contribution in [3.8, 4) is 0 Å². The lowest BCUT2D eigenvalue weighted by molar-refractivity contribution is -0.0333. The number of aliphatic hydroxyl groups excluding tert-OH is 1. The fourth-order valence-electron chi connectivity index (χ4n) is 1.55. The molecule has 2 rings (SSSR count). The maximum Gasteiger partial charge on any atom is 0.256 e. The van der Waals surface area contributed by atoms with Crippen LogP contribution in [0.5, 0.6) is 0 Å². The summed E-state index contributed by atoms with van der Waals surface area (Å²) >= 11 is 0. The highest BCUT2D eigenvalue weighted by Crippen LogP contribution is 2.14. The minimum absolute atomic E-state index is 0.0852. The molecule has 0 fully saturated rings. The fourth-order valence-corrected chi connectivity index (χ4v) is 2.71. The van der Waals surface area contributed by atoms with Crippen LogP contribution in [0.1, 0.15) is 6.92 Å². The van der Waals surface area contributed by atoms with E-state index in [4.69, 9.17) is 0 Å². The lowest BCUT2D eigenvalue weighted by Gasteiger charge is -2.30. The highest BCUT2D eigenvalue weighted by Gasteiger charge is 2.27.